The molecule has 1 rings (SSSR count). The van der Waals surface area contributed by atoms with Crippen molar-refractivity contribution in [3.8, 4) is 5.75 Å². The molecular formula is C9H12ClF2NO. The molecule has 0 fully saturated rings. The van der Waals surface area contributed by atoms with Crippen molar-refractivity contribution in [1.29, 1.82) is 0 Å². The highest BCUT2D eigenvalue weighted by atomic mass is 35.5. The van der Waals surface area contributed by atoms with Gasteiger partial charge < -0.3 is 10.8 Å². The van der Waals surface area contributed by atoms with Gasteiger partial charge in [0.2, 0.25) is 0 Å². The second kappa shape index (κ2) is 5.12. The summed E-state index contributed by atoms with van der Waals surface area (Å²) in [4.78, 5) is 0. The Morgan fingerprint density at radius 2 is 2.07 bits per heavy atom. The number of benzene rings is 1. The van der Waals surface area contributed by atoms with Crippen LogP contribution in [-0.2, 0) is 0 Å². The van der Waals surface area contributed by atoms with Crippen LogP contribution in [0.5, 0.6) is 5.75 Å². The molecule has 2 nitrogen and oxygen atoms in total. The Kier molecular flexibility index (Phi) is 4.80. The van der Waals surface area contributed by atoms with Crippen LogP contribution in [0.2, 0.25) is 0 Å². The number of nitrogens with two attached hydrogens (primary N) is 1. The first-order valence-corrected chi connectivity index (χ1v) is 3.87. The van der Waals surface area contributed by atoms with Crippen LogP contribution >= 0.6 is 12.4 Å². The minimum absolute atomic E-state index is 0. The van der Waals surface area contributed by atoms with Crippen LogP contribution < -0.4 is 5.73 Å². The smallest absolute Gasteiger partial charge is 0.165 e. The van der Waals surface area contributed by atoms with Crippen molar-refractivity contribution in [2.45, 2.75) is 13.0 Å². The summed E-state index contributed by atoms with van der Waals surface area (Å²) in [5.41, 5.74) is 6.09. The zero-order valence-corrected chi connectivity index (χ0v) is 8.44. The Morgan fingerprint density at radius 1 is 1.50 bits per heavy atom. The first kappa shape index (κ1) is 13.1. The Labute approximate surface area is 87.1 Å². The fourth-order valence-corrected chi connectivity index (χ4v) is 1.23. The summed E-state index contributed by atoms with van der Waals surface area (Å²) in [7, 11) is 0. The molecule has 5 heteroatoms. The number of alkyl halides is 1. The molecule has 1 aromatic rings. The van der Waals surface area contributed by atoms with E-state index >= 15 is 0 Å². The minimum atomic E-state index is -0.962. The Balaban J connectivity index is 0.00000169. The molecule has 1 atom stereocenters. The Hall–Kier alpha value is -0.870. The minimum Gasteiger partial charge on any atom is -0.505 e. The van der Waals surface area contributed by atoms with Gasteiger partial charge in [0.05, 0.1) is 6.04 Å². The van der Waals surface area contributed by atoms with E-state index in [2.05, 4.69) is 0 Å². The first-order valence-electron chi connectivity index (χ1n) is 3.87. The van der Waals surface area contributed by atoms with Gasteiger partial charge in [0.1, 0.15) is 6.67 Å². The summed E-state index contributed by atoms with van der Waals surface area (Å²) in [5.74, 6) is -1.32. The molecule has 0 saturated carbocycles. The second-order valence-corrected chi connectivity index (χ2v) is 2.89. The Bertz CT molecular complexity index is 320. The highest BCUT2D eigenvalue weighted by Crippen LogP contribution is 2.29. The molecule has 80 valence electrons. The fraction of sp³-hybridized carbons (Fsp3) is 0.333. The lowest BCUT2D eigenvalue weighted by molar-refractivity contribution is 0.395. The van der Waals surface area contributed by atoms with Crippen molar-refractivity contribution in [3.63, 3.8) is 0 Å². The van der Waals surface area contributed by atoms with Crippen LogP contribution in [0, 0.1) is 12.7 Å². The molecule has 0 aromatic heterocycles. The maximum atomic E-state index is 12.8. The predicted octanol–water partition coefficient (Wildman–Crippen LogP) is 2.23. The number of phenolic OH excluding ortho intramolecular Hbond substituents is 1. The molecule has 0 aliphatic heterocycles. The van der Waals surface area contributed by atoms with E-state index in [4.69, 9.17) is 5.73 Å². The summed E-state index contributed by atoms with van der Waals surface area (Å²) in [5, 5.41) is 9.26. The zero-order valence-electron chi connectivity index (χ0n) is 7.63. The fourth-order valence-electron chi connectivity index (χ4n) is 1.23. The molecular weight excluding hydrogens is 212 g/mol. The van der Waals surface area contributed by atoms with Gasteiger partial charge in [0.15, 0.2) is 11.6 Å². The van der Waals surface area contributed by atoms with Gasteiger partial charge in [-0.15, -0.1) is 12.4 Å². The van der Waals surface area contributed by atoms with E-state index in [1.807, 2.05) is 0 Å². The van der Waals surface area contributed by atoms with Crippen LogP contribution in [-0.4, -0.2) is 11.8 Å². The van der Waals surface area contributed by atoms with Crippen molar-refractivity contribution < 1.29 is 13.9 Å². The van der Waals surface area contributed by atoms with E-state index in [0.29, 0.717) is 5.56 Å². The quantitative estimate of drug-likeness (QED) is 0.808. The third-order valence-electron chi connectivity index (χ3n) is 1.92. The predicted molar refractivity (Wildman–Crippen MR) is 53.0 cm³/mol. The first-order chi connectivity index (χ1) is 6.07. The topological polar surface area (TPSA) is 46.2 Å². The van der Waals surface area contributed by atoms with Gasteiger partial charge in [-0.1, -0.05) is 6.07 Å². The van der Waals surface area contributed by atoms with Crippen LogP contribution in [0.1, 0.15) is 17.2 Å². The molecule has 0 radical (unpaired) electrons. The van der Waals surface area contributed by atoms with Gasteiger partial charge in [-0.25, -0.2) is 8.78 Å². The van der Waals surface area contributed by atoms with Gasteiger partial charge in [-0.3, -0.25) is 0 Å². The van der Waals surface area contributed by atoms with Crippen LogP contribution in [0.15, 0.2) is 12.1 Å². The summed E-state index contributed by atoms with van der Waals surface area (Å²) >= 11 is 0. The van der Waals surface area contributed by atoms with Gasteiger partial charge in [-0.2, -0.15) is 0 Å². The summed E-state index contributed by atoms with van der Waals surface area (Å²) in [6.45, 7) is 0.821. The molecule has 0 amide bonds. The summed E-state index contributed by atoms with van der Waals surface area (Å²) in [6, 6.07) is 1.62. The Morgan fingerprint density at radius 3 is 2.57 bits per heavy atom. The van der Waals surface area contributed by atoms with Crippen molar-refractivity contribution >= 4 is 12.4 Å². The molecule has 0 aliphatic carbocycles. The lowest BCUT2D eigenvalue weighted by Gasteiger charge is -2.13. The standard InChI is InChI=1S/C9H11F2NO.ClH/c1-5-2-3-6(11)9(13)8(5)7(12)4-10;/h2-3,7,13H,4,12H2,1H3;1H/t7-;/m0./s1. The maximum Gasteiger partial charge on any atom is 0.165 e. The molecule has 1 aromatic carbocycles. The third kappa shape index (κ3) is 2.33. The van der Waals surface area contributed by atoms with Gasteiger partial charge in [-0.05, 0) is 18.6 Å². The number of halogens is 3. The van der Waals surface area contributed by atoms with Crippen LogP contribution in [0.3, 0.4) is 0 Å². The largest absolute Gasteiger partial charge is 0.505 e. The zero-order chi connectivity index (χ0) is 10.0. The third-order valence-corrected chi connectivity index (χ3v) is 1.92. The molecule has 0 bridgehead atoms. The normalized spacial score (nSPS) is 12.0. The van der Waals surface area contributed by atoms with Crippen molar-refractivity contribution in [1.82, 2.24) is 0 Å². The van der Waals surface area contributed by atoms with Crippen molar-refractivity contribution in [3.05, 3.63) is 29.1 Å². The molecule has 0 heterocycles. The SMILES string of the molecule is Cc1ccc(F)c(O)c1[C@@H](N)CF.Cl. The van der Waals surface area contributed by atoms with Crippen molar-refractivity contribution in [2.75, 3.05) is 6.67 Å². The van der Waals surface area contributed by atoms with E-state index in [1.165, 1.54) is 6.07 Å². The van der Waals surface area contributed by atoms with E-state index in [9.17, 15) is 13.9 Å². The van der Waals surface area contributed by atoms with Gasteiger partial charge in [0.25, 0.3) is 0 Å². The molecule has 3 N–H and O–H groups in total. The van der Waals surface area contributed by atoms with Crippen LogP contribution in [0.4, 0.5) is 8.78 Å². The number of hydrogen-bond acceptors (Lipinski definition) is 2. The molecule has 0 spiro atoms. The summed E-state index contributed by atoms with van der Waals surface area (Å²) in [6.07, 6.45) is 0. The van der Waals surface area contributed by atoms with E-state index < -0.39 is 24.3 Å². The number of hydrogen-bond donors (Lipinski definition) is 2. The van der Waals surface area contributed by atoms with Crippen molar-refractivity contribution in [2.24, 2.45) is 5.73 Å². The molecule has 0 saturated heterocycles. The maximum absolute atomic E-state index is 12.8. The van der Waals surface area contributed by atoms with Crippen LogP contribution in [0.25, 0.3) is 0 Å². The number of aromatic hydroxyl groups is 1. The monoisotopic (exact) mass is 223 g/mol. The second-order valence-electron chi connectivity index (χ2n) is 2.89. The summed E-state index contributed by atoms with van der Waals surface area (Å²) < 4.78 is 25.0. The van der Waals surface area contributed by atoms with Gasteiger partial charge in [0, 0.05) is 5.56 Å². The van der Waals surface area contributed by atoms with E-state index in [-0.39, 0.29) is 18.0 Å². The highest BCUT2D eigenvalue weighted by molar-refractivity contribution is 5.85. The number of rotatable bonds is 2. The number of phenols is 1. The van der Waals surface area contributed by atoms with Gasteiger partial charge >= 0.3 is 0 Å². The average Bonchev–Trinajstić information content (AvgIpc) is 2.12. The van der Waals surface area contributed by atoms with E-state index in [0.717, 1.165) is 6.07 Å². The molecule has 14 heavy (non-hydrogen) atoms. The lowest BCUT2D eigenvalue weighted by atomic mass is 10.0. The average molecular weight is 224 g/mol. The highest BCUT2D eigenvalue weighted by Gasteiger charge is 2.16. The lowest BCUT2D eigenvalue weighted by Crippen LogP contribution is -2.14. The molecule has 0 aliphatic rings. The van der Waals surface area contributed by atoms with E-state index in [1.54, 1.807) is 6.92 Å². The number of aryl methyl sites for hydroxylation is 1. The molecule has 0 unspecified atom stereocenters.